The molecule has 0 saturated carbocycles. The van der Waals surface area contributed by atoms with Crippen molar-refractivity contribution in [2.45, 2.75) is 38.6 Å². The Morgan fingerprint density at radius 1 is 1.36 bits per heavy atom. The minimum atomic E-state index is -0.513. The molecule has 1 aliphatic rings. The molecule has 1 aromatic heterocycles. The number of aromatic nitrogens is 2. The molecular weight excluding hydrogens is 381 g/mol. The van der Waals surface area contributed by atoms with Gasteiger partial charge in [-0.1, -0.05) is 25.4 Å². The standard InChI is InChI=1S/C20H25ClFN5O/c1-12(2)18-19(25-13-4-5-15(21)16(22)10-13)24-11-17(26-18)20(28)27(3)14-6-8-23-9-7-14/h4-5,10-12,14,23H,6-9H2,1-3H3,(H,24,25). The Balaban J connectivity index is 1.83. The Labute approximate surface area is 169 Å². The van der Waals surface area contributed by atoms with E-state index >= 15 is 0 Å². The van der Waals surface area contributed by atoms with Crippen LogP contribution in [-0.2, 0) is 0 Å². The Morgan fingerprint density at radius 2 is 2.07 bits per heavy atom. The SMILES string of the molecule is CC(C)c1nc(C(=O)N(C)C2CCNCC2)cnc1Nc1ccc(Cl)c(F)c1. The van der Waals surface area contributed by atoms with Gasteiger partial charge in [0, 0.05) is 18.8 Å². The average molecular weight is 406 g/mol. The number of hydrogen-bond acceptors (Lipinski definition) is 5. The maximum absolute atomic E-state index is 13.7. The molecule has 6 nitrogen and oxygen atoms in total. The molecule has 0 bridgehead atoms. The Hall–Kier alpha value is -2.25. The summed E-state index contributed by atoms with van der Waals surface area (Å²) in [6, 6.07) is 4.65. The van der Waals surface area contributed by atoms with E-state index in [1.807, 2.05) is 20.9 Å². The molecule has 0 radical (unpaired) electrons. The van der Waals surface area contributed by atoms with E-state index in [1.54, 1.807) is 11.0 Å². The number of carbonyl (C=O) groups is 1. The third kappa shape index (κ3) is 4.59. The largest absolute Gasteiger partial charge is 0.339 e. The van der Waals surface area contributed by atoms with Crippen molar-refractivity contribution in [1.29, 1.82) is 0 Å². The van der Waals surface area contributed by atoms with Gasteiger partial charge < -0.3 is 15.5 Å². The van der Waals surface area contributed by atoms with Crippen LogP contribution in [0.1, 0.15) is 48.8 Å². The van der Waals surface area contributed by atoms with E-state index in [1.165, 1.54) is 18.3 Å². The highest BCUT2D eigenvalue weighted by atomic mass is 35.5. The molecule has 1 saturated heterocycles. The molecule has 1 aliphatic heterocycles. The fourth-order valence-electron chi connectivity index (χ4n) is 3.26. The molecule has 150 valence electrons. The molecule has 0 spiro atoms. The summed E-state index contributed by atoms with van der Waals surface area (Å²) < 4.78 is 13.7. The third-order valence-electron chi connectivity index (χ3n) is 4.92. The number of nitrogens with one attached hydrogen (secondary N) is 2. The number of anilines is 2. The number of hydrogen-bond donors (Lipinski definition) is 2. The van der Waals surface area contributed by atoms with Gasteiger partial charge in [-0.3, -0.25) is 4.79 Å². The predicted molar refractivity (Wildman–Crippen MR) is 109 cm³/mol. The summed E-state index contributed by atoms with van der Waals surface area (Å²) in [6.07, 6.45) is 3.32. The van der Waals surface area contributed by atoms with E-state index in [-0.39, 0.29) is 22.9 Å². The normalized spacial score (nSPS) is 14.9. The molecule has 1 amide bonds. The van der Waals surface area contributed by atoms with Gasteiger partial charge >= 0.3 is 0 Å². The monoisotopic (exact) mass is 405 g/mol. The third-order valence-corrected chi connectivity index (χ3v) is 5.23. The van der Waals surface area contributed by atoms with Crippen LogP contribution < -0.4 is 10.6 Å². The smallest absolute Gasteiger partial charge is 0.274 e. The fraction of sp³-hybridized carbons (Fsp3) is 0.450. The number of benzene rings is 1. The molecule has 0 atom stereocenters. The second-order valence-electron chi connectivity index (χ2n) is 7.29. The Bertz CT molecular complexity index is 854. The Morgan fingerprint density at radius 3 is 2.71 bits per heavy atom. The van der Waals surface area contributed by atoms with Crippen molar-refractivity contribution in [3.63, 3.8) is 0 Å². The number of halogens is 2. The molecule has 3 rings (SSSR count). The van der Waals surface area contributed by atoms with E-state index in [0.29, 0.717) is 22.9 Å². The van der Waals surface area contributed by atoms with Crippen molar-refractivity contribution in [3.8, 4) is 0 Å². The van der Waals surface area contributed by atoms with E-state index in [4.69, 9.17) is 11.6 Å². The van der Waals surface area contributed by atoms with Crippen molar-refractivity contribution < 1.29 is 9.18 Å². The first-order chi connectivity index (χ1) is 13.4. The molecule has 0 aliphatic carbocycles. The molecule has 0 unspecified atom stereocenters. The molecule has 8 heteroatoms. The van der Waals surface area contributed by atoms with Crippen LogP contribution in [0.15, 0.2) is 24.4 Å². The lowest BCUT2D eigenvalue weighted by molar-refractivity contribution is 0.0696. The van der Waals surface area contributed by atoms with Crippen molar-refractivity contribution in [3.05, 3.63) is 46.6 Å². The molecule has 2 N–H and O–H groups in total. The van der Waals surface area contributed by atoms with Crippen LogP contribution in [0.5, 0.6) is 0 Å². The second kappa shape index (κ2) is 8.84. The van der Waals surface area contributed by atoms with Gasteiger partial charge in [-0.15, -0.1) is 0 Å². The van der Waals surface area contributed by atoms with Gasteiger partial charge in [0.05, 0.1) is 16.9 Å². The highest BCUT2D eigenvalue weighted by Crippen LogP contribution is 2.26. The Kier molecular flexibility index (Phi) is 6.46. The lowest BCUT2D eigenvalue weighted by atomic mass is 10.0. The van der Waals surface area contributed by atoms with Gasteiger partial charge in [-0.25, -0.2) is 14.4 Å². The van der Waals surface area contributed by atoms with Crippen LogP contribution in [0, 0.1) is 5.82 Å². The summed E-state index contributed by atoms with van der Waals surface area (Å²) in [7, 11) is 1.82. The number of rotatable bonds is 5. The van der Waals surface area contributed by atoms with Crippen molar-refractivity contribution in [2.24, 2.45) is 0 Å². The second-order valence-corrected chi connectivity index (χ2v) is 7.70. The van der Waals surface area contributed by atoms with Gasteiger partial charge in [0.1, 0.15) is 11.5 Å². The summed E-state index contributed by atoms with van der Waals surface area (Å²) in [4.78, 5) is 23.6. The van der Waals surface area contributed by atoms with E-state index in [9.17, 15) is 9.18 Å². The molecular formula is C20H25ClFN5O. The highest BCUT2D eigenvalue weighted by molar-refractivity contribution is 6.30. The summed E-state index contributed by atoms with van der Waals surface area (Å²) in [5.41, 5.74) is 1.49. The zero-order chi connectivity index (χ0) is 20.3. The first-order valence-electron chi connectivity index (χ1n) is 9.43. The van der Waals surface area contributed by atoms with Gasteiger partial charge in [0.15, 0.2) is 5.82 Å². The first kappa shape index (κ1) is 20.5. The fourth-order valence-corrected chi connectivity index (χ4v) is 3.37. The zero-order valence-corrected chi connectivity index (χ0v) is 17.1. The molecule has 1 fully saturated rings. The van der Waals surface area contributed by atoms with Crippen LogP contribution >= 0.6 is 11.6 Å². The maximum atomic E-state index is 13.7. The van der Waals surface area contributed by atoms with Gasteiger partial charge in [0.25, 0.3) is 5.91 Å². The van der Waals surface area contributed by atoms with E-state index in [0.717, 1.165) is 25.9 Å². The van der Waals surface area contributed by atoms with Gasteiger partial charge in [-0.2, -0.15) is 0 Å². The van der Waals surface area contributed by atoms with Crippen molar-refractivity contribution in [1.82, 2.24) is 20.2 Å². The van der Waals surface area contributed by atoms with Crippen LogP contribution in [0.3, 0.4) is 0 Å². The summed E-state index contributed by atoms with van der Waals surface area (Å²) in [5, 5.41) is 6.43. The maximum Gasteiger partial charge on any atom is 0.274 e. The number of carbonyl (C=O) groups excluding carboxylic acids is 1. The minimum Gasteiger partial charge on any atom is -0.339 e. The summed E-state index contributed by atoms with van der Waals surface area (Å²) in [6.45, 7) is 5.77. The van der Waals surface area contributed by atoms with Crippen molar-refractivity contribution >= 4 is 29.0 Å². The highest BCUT2D eigenvalue weighted by Gasteiger charge is 2.25. The summed E-state index contributed by atoms with van der Waals surface area (Å²) >= 11 is 5.74. The molecule has 2 aromatic rings. The topological polar surface area (TPSA) is 70.2 Å². The van der Waals surface area contributed by atoms with Crippen LogP contribution in [0.4, 0.5) is 15.9 Å². The number of amides is 1. The lowest BCUT2D eigenvalue weighted by Gasteiger charge is -2.31. The van der Waals surface area contributed by atoms with Crippen LogP contribution in [0.25, 0.3) is 0 Å². The summed E-state index contributed by atoms with van der Waals surface area (Å²) in [5.74, 6) is -0.117. The molecule has 2 heterocycles. The molecule has 28 heavy (non-hydrogen) atoms. The first-order valence-corrected chi connectivity index (χ1v) is 9.81. The van der Waals surface area contributed by atoms with E-state index in [2.05, 4.69) is 20.6 Å². The lowest BCUT2D eigenvalue weighted by Crippen LogP contribution is -2.44. The number of piperidine rings is 1. The predicted octanol–water partition coefficient (Wildman–Crippen LogP) is 3.96. The van der Waals surface area contributed by atoms with Crippen LogP contribution in [0.2, 0.25) is 5.02 Å². The van der Waals surface area contributed by atoms with Gasteiger partial charge in [-0.05, 0) is 50.0 Å². The molecule has 1 aromatic carbocycles. The van der Waals surface area contributed by atoms with Gasteiger partial charge in [0.2, 0.25) is 0 Å². The zero-order valence-electron chi connectivity index (χ0n) is 16.3. The quantitative estimate of drug-likeness (QED) is 0.787. The average Bonchev–Trinajstić information content (AvgIpc) is 2.70. The number of nitrogens with zero attached hydrogens (tertiary/aromatic N) is 3. The van der Waals surface area contributed by atoms with Crippen LogP contribution in [-0.4, -0.2) is 47.0 Å². The minimum absolute atomic E-state index is 0.0316. The van der Waals surface area contributed by atoms with E-state index < -0.39 is 5.82 Å². The van der Waals surface area contributed by atoms with Crippen molar-refractivity contribution in [2.75, 3.05) is 25.5 Å².